The number of hydrogen-bond acceptors (Lipinski definition) is 8. The van der Waals surface area contributed by atoms with Crippen molar-refractivity contribution in [2.45, 2.75) is 18.2 Å². The van der Waals surface area contributed by atoms with Crippen molar-refractivity contribution in [3.05, 3.63) is 64.2 Å². The molecule has 0 saturated heterocycles. The average Bonchev–Trinajstić information content (AvgIpc) is 2.65. The van der Waals surface area contributed by atoms with Crippen molar-refractivity contribution in [3.63, 3.8) is 0 Å². The lowest BCUT2D eigenvalue weighted by molar-refractivity contribution is -0.114. The third-order valence-corrected chi connectivity index (χ3v) is 5.98. The Morgan fingerprint density at radius 3 is 2.19 bits per heavy atom. The summed E-state index contributed by atoms with van der Waals surface area (Å²) in [6.45, 7) is 1.11. The van der Waals surface area contributed by atoms with Crippen LogP contribution < -0.4 is 5.32 Å². The molecule has 1 aliphatic rings. The standard InChI is InChI=1S/C18H15N3O8S2/c1-10(22)19-14-9-13(30(24,25)26)7-11-8-15(31(27,28)29)17(18(23)16(11)14)21-20-12-5-3-2-4-6-12/h2-7,9H,8H2,1H3,(H,19,22)(H,24,25,26)(H,27,28,29). The highest BCUT2D eigenvalue weighted by Crippen LogP contribution is 2.36. The quantitative estimate of drug-likeness (QED) is 0.445. The molecule has 13 heteroatoms. The van der Waals surface area contributed by atoms with E-state index in [9.17, 15) is 35.5 Å². The summed E-state index contributed by atoms with van der Waals surface area (Å²) < 4.78 is 66.0. The first-order chi connectivity index (χ1) is 14.4. The molecule has 2 aromatic carbocycles. The fourth-order valence-corrected chi connectivity index (χ4v) is 4.21. The zero-order valence-electron chi connectivity index (χ0n) is 15.8. The molecule has 3 N–H and O–H groups in total. The summed E-state index contributed by atoms with van der Waals surface area (Å²) >= 11 is 0. The number of carbonyl (C=O) groups is 2. The van der Waals surface area contributed by atoms with Crippen LogP contribution in [-0.4, -0.2) is 37.6 Å². The number of allylic oxidation sites excluding steroid dienone is 2. The number of ketones is 1. The van der Waals surface area contributed by atoms with Gasteiger partial charge in [0.2, 0.25) is 11.7 Å². The predicted molar refractivity (Wildman–Crippen MR) is 108 cm³/mol. The molecular formula is C18H15N3O8S2. The molecule has 0 fully saturated rings. The number of Topliss-reactive ketones (excluding diaryl/α,β-unsaturated/α-hetero) is 1. The van der Waals surface area contributed by atoms with Crippen LogP contribution in [0.4, 0.5) is 11.4 Å². The average molecular weight is 465 g/mol. The van der Waals surface area contributed by atoms with Gasteiger partial charge in [0.25, 0.3) is 20.2 Å². The molecule has 0 unspecified atom stereocenters. The predicted octanol–water partition coefficient (Wildman–Crippen LogP) is 2.51. The molecule has 0 radical (unpaired) electrons. The van der Waals surface area contributed by atoms with E-state index in [-0.39, 0.29) is 16.8 Å². The van der Waals surface area contributed by atoms with Gasteiger partial charge in [-0.3, -0.25) is 18.7 Å². The van der Waals surface area contributed by atoms with Gasteiger partial charge in [0.1, 0.15) is 4.91 Å². The van der Waals surface area contributed by atoms with E-state index < -0.39 is 53.8 Å². The molecule has 3 rings (SSSR count). The van der Waals surface area contributed by atoms with Crippen LogP contribution in [0.1, 0.15) is 22.8 Å². The minimum Gasteiger partial charge on any atom is -0.326 e. The first kappa shape index (κ1) is 22.4. The van der Waals surface area contributed by atoms with Crippen molar-refractivity contribution in [2.24, 2.45) is 10.2 Å². The Morgan fingerprint density at radius 2 is 1.65 bits per heavy atom. The van der Waals surface area contributed by atoms with Gasteiger partial charge in [0, 0.05) is 13.3 Å². The summed E-state index contributed by atoms with van der Waals surface area (Å²) in [6.07, 6.45) is -0.626. The normalized spacial score (nSPS) is 14.6. The number of anilines is 1. The van der Waals surface area contributed by atoms with E-state index in [0.29, 0.717) is 5.69 Å². The second-order valence-corrected chi connectivity index (χ2v) is 9.31. The summed E-state index contributed by atoms with van der Waals surface area (Å²) in [5.74, 6) is -1.67. The van der Waals surface area contributed by atoms with E-state index >= 15 is 0 Å². The lowest BCUT2D eigenvalue weighted by Gasteiger charge is -2.21. The number of carbonyl (C=O) groups excluding carboxylic acids is 2. The highest BCUT2D eigenvalue weighted by atomic mass is 32.2. The largest absolute Gasteiger partial charge is 0.326 e. The Morgan fingerprint density at radius 1 is 1.00 bits per heavy atom. The molecule has 0 bridgehead atoms. The summed E-state index contributed by atoms with van der Waals surface area (Å²) in [5.41, 5.74) is -1.06. The van der Waals surface area contributed by atoms with E-state index in [0.717, 1.165) is 19.1 Å². The van der Waals surface area contributed by atoms with Gasteiger partial charge >= 0.3 is 0 Å². The van der Waals surface area contributed by atoms with E-state index in [4.69, 9.17) is 0 Å². The van der Waals surface area contributed by atoms with Gasteiger partial charge in [-0.25, -0.2) is 0 Å². The Labute approximate surface area is 177 Å². The smallest absolute Gasteiger partial charge is 0.294 e. The minimum absolute atomic E-state index is 0.157. The maximum Gasteiger partial charge on any atom is 0.294 e. The van der Waals surface area contributed by atoms with Crippen LogP contribution in [0.15, 0.2) is 68.2 Å². The van der Waals surface area contributed by atoms with E-state index in [1.165, 1.54) is 0 Å². The summed E-state index contributed by atoms with van der Waals surface area (Å²) in [7, 11) is -9.69. The first-order valence-electron chi connectivity index (χ1n) is 8.52. The van der Waals surface area contributed by atoms with Gasteiger partial charge < -0.3 is 5.32 Å². The van der Waals surface area contributed by atoms with Gasteiger partial charge in [-0.05, 0) is 29.8 Å². The Hall–Kier alpha value is -3.26. The molecule has 0 aliphatic heterocycles. The Kier molecular flexibility index (Phi) is 5.87. The number of hydrogen-bond donors (Lipinski definition) is 3. The van der Waals surface area contributed by atoms with Crippen LogP contribution in [0.5, 0.6) is 0 Å². The number of fused-ring (bicyclic) bond motifs is 1. The van der Waals surface area contributed by atoms with Gasteiger partial charge in [0.15, 0.2) is 5.70 Å². The molecular weight excluding hydrogens is 450 g/mol. The monoisotopic (exact) mass is 465 g/mol. The highest BCUT2D eigenvalue weighted by molar-refractivity contribution is 7.89. The Balaban J connectivity index is 2.25. The third-order valence-electron chi connectivity index (χ3n) is 4.19. The topological polar surface area (TPSA) is 180 Å². The third kappa shape index (κ3) is 4.91. The second-order valence-electron chi connectivity index (χ2n) is 6.45. The molecule has 11 nitrogen and oxygen atoms in total. The number of benzene rings is 2. The molecule has 1 aliphatic carbocycles. The fourth-order valence-electron chi connectivity index (χ4n) is 2.94. The maximum atomic E-state index is 13.1. The molecule has 0 aromatic heterocycles. The fraction of sp³-hybridized carbons (Fsp3) is 0.111. The lowest BCUT2D eigenvalue weighted by Crippen LogP contribution is -2.23. The molecule has 0 heterocycles. The zero-order valence-corrected chi connectivity index (χ0v) is 17.4. The lowest BCUT2D eigenvalue weighted by atomic mass is 9.92. The van der Waals surface area contributed by atoms with Crippen molar-refractivity contribution >= 4 is 43.3 Å². The van der Waals surface area contributed by atoms with Gasteiger partial charge in [0.05, 0.1) is 21.8 Å². The van der Waals surface area contributed by atoms with Crippen LogP contribution in [-0.2, 0) is 31.5 Å². The first-order valence-corrected chi connectivity index (χ1v) is 11.4. The summed E-state index contributed by atoms with van der Waals surface area (Å²) in [6, 6.07) is 9.80. The second kappa shape index (κ2) is 8.11. The number of nitrogens with zero attached hydrogens (tertiary/aromatic N) is 2. The molecule has 0 spiro atoms. The van der Waals surface area contributed by atoms with Crippen molar-refractivity contribution in [1.29, 1.82) is 0 Å². The van der Waals surface area contributed by atoms with Gasteiger partial charge in [-0.15, -0.1) is 5.11 Å². The minimum atomic E-state index is -4.93. The van der Waals surface area contributed by atoms with Crippen LogP contribution in [0, 0.1) is 0 Å². The van der Waals surface area contributed by atoms with Crippen LogP contribution >= 0.6 is 0 Å². The molecule has 0 atom stereocenters. The molecule has 162 valence electrons. The SMILES string of the molecule is CC(=O)Nc1cc(S(=O)(=O)O)cc2c1C(=O)C(N=Nc1ccccc1)=C(S(=O)(=O)O)C2. The molecule has 31 heavy (non-hydrogen) atoms. The zero-order chi connectivity index (χ0) is 23.0. The number of azo groups is 1. The van der Waals surface area contributed by atoms with Crippen molar-refractivity contribution in [2.75, 3.05) is 5.32 Å². The molecule has 0 saturated carbocycles. The highest BCUT2D eigenvalue weighted by Gasteiger charge is 2.35. The molecule has 1 amide bonds. The van der Waals surface area contributed by atoms with E-state index in [2.05, 4.69) is 15.5 Å². The van der Waals surface area contributed by atoms with Crippen LogP contribution in [0.3, 0.4) is 0 Å². The number of rotatable bonds is 5. The van der Waals surface area contributed by atoms with Gasteiger partial charge in [-0.1, -0.05) is 18.2 Å². The van der Waals surface area contributed by atoms with Crippen molar-refractivity contribution in [1.82, 2.24) is 0 Å². The van der Waals surface area contributed by atoms with Crippen LogP contribution in [0.2, 0.25) is 0 Å². The molecule has 2 aromatic rings. The number of nitrogens with one attached hydrogen (secondary N) is 1. The Bertz CT molecular complexity index is 1360. The van der Waals surface area contributed by atoms with Gasteiger partial charge in [-0.2, -0.15) is 21.9 Å². The maximum absolute atomic E-state index is 13.1. The van der Waals surface area contributed by atoms with Crippen molar-refractivity contribution in [3.8, 4) is 0 Å². The summed E-state index contributed by atoms with van der Waals surface area (Å²) in [5, 5.41) is 9.80. The number of amides is 1. The van der Waals surface area contributed by atoms with E-state index in [1.807, 2.05) is 0 Å². The van der Waals surface area contributed by atoms with Crippen molar-refractivity contribution < 1.29 is 35.5 Å². The summed E-state index contributed by atoms with van der Waals surface area (Å²) in [4.78, 5) is 23.2. The van der Waals surface area contributed by atoms with Crippen LogP contribution in [0.25, 0.3) is 0 Å². The van der Waals surface area contributed by atoms with E-state index in [1.54, 1.807) is 30.3 Å².